The average molecular weight is 414 g/mol. The van der Waals surface area contributed by atoms with Gasteiger partial charge in [-0.05, 0) is 47.2 Å². The van der Waals surface area contributed by atoms with Crippen LogP contribution in [-0.2, 0) is 11.3 Å². The fourth-order valence-corrected chi connectivity index (χ4v) is 3.59. The highest BCUT2D eigenvalue weighted by molar-refractivity contribution is 7.99. The third-order valence-electron chi connectivity index (χ3n) is 4.32. The lowest BCUT2D eigenvalue weighted by molar-refractivity contribution is -0.128. The molecule has 0 saturated carbocycles. The van der Waals surface area contributed by atoms with Crippen molar-refractivity contribution in [1.82, 2.24) is 25.1 Å². The molecule has 0 bridgehead atoms. The van der Waals surface area contributed by atoms with E-state index in [9.17, 15) is 4.79 Å². The van der Waals surface area contributed by atoms with E-state index in [0.717, 1.165) is 11.3 Å². The number of rotatable bonds is 9. The first-order valence-corrected chi connectivity index (χ1v) is 10.1. The second kappa shape index (κ2) is 9.92. The molecule has 3 aromatic rings. The maximum Gasteiger partial charge on any atom is 0.233 e. The van der Waals surface area contributed by atoms with Gasteiger partial charge >= 0.3 is 0 Å². The molecule has 0 aliphatic heterocycles. The van der Waals surface area contributed by atoms with Gasteiger partial charge in [0, 0.05) is 13.1 Å². The quantitative estimate of drug-likeness (QED) is 0.499. The van der Waals surface area contributed by atoms with Crippen molar-refractivity contribution in [1.29, 1.82) is 0 Å². The number of ether oxygens (including phenoxy) is 2. The fraction of sp³-hybridized carbons (Fsp3) is 0.300. The molecule has 0 aliphatic rings. The maximum atomic E-state index is 12.8. The zero-order chi connectivity index (χ0) is 20.6. The summed E-state index contributed by atoms with van der Waals surface area (Å²) < 4.78 is 12.2. The van der Waals surface area contributed by atoms with Crippen molar-refractivity contribution in [3.8, 4) is 17.2 Å². The molecule has 0 aliphatic carbocycles. The van der Waals surface area contributed by atoms with E-state index in [1.807, 2.05) is 55.5 Å². The lowest BCUT2D eigenvalue weighted by atomic mass is 10.2. The summed E-state index contributed by atoms with van der Waals surface area (Å²) in [7, 11) is 3.19. The second-order valence-electron chi connectivity index (χ2n) is 6.09. The molecule has 1 heterocycles. The predicted molar refractivity (Wildman–Crippen MR) is 111 cm³/mol. The van der Waals surface area contributed by atoms with Crippen molar-refractivity contribution in [2.75, 3.05) is 26.5 Å². The van der Waals surface area contributed by atoms with Crippen molar-refractivity contribution in [2.45, 2.75) is 18.6 Å². The van der Waals surface area contributed by atoms with E-state index < -0.39 is 0 Å². The number of thioether (sulfide) groups is 1. The van der Waals surface area contributed by atoms with Crippen LogP contribution in [-0.4, -0.2) is 57.5 Å². The van der Waals surface area contributed by atoms with Gasteiger partial charge in [0.05, 0.1) is 25.7 Å². The Hall–Kier alpha value is -3.07. The molecule has 0 fully saturated rings. The predicted octanol–water partition coefficient (Wildman–Crippen LogP) is 2.82. The number of hydrogen-bond acceptors (Lipinski definition) is 7. The Morgan fingerprint density at radius 2 is 1.86 bits per heavy atom. The zero-order valence-electron chi connectivity index (χ0n) is 16.6. The SMILES string of the molecule is CCN(Cc1ccc(OC)c(OC)c1)C(=O)CSc1nnnn1-c1ccccc1. The van der Waals surface area contributed by atoms with E-state index >= 15 is 0 Å². The largest absolute Gasteiger partial charge is 0.493 e. The smallest absolute Gasteiger partial charge is 0.233 e. The van der Waals surface area contributed by atoms with Gasteiger partial charge in [-0.1, -0.05) is 36.0 Å². The third kappa shape index (κ3) is 5.05. The summed E-state index contributed by atoms with van der Waals surface area (Å²) in [6.07, 6.45) is 0. The van der Waals surface area contributed by atoms with Crippen LogP contribution in [0, 0.1) is 0 Å². The Morgan fingerprint density at radius 1 is 1.10 bits per heavy atom. The summed E-state index contributed by atoms with van der Waals surface area (Å²) in [5, 5.41) is 12.4. The number of hydrogen-bond donors (Lipinski definition) is 0. The van der Waals surface area contributed by atoms with Crippen molar-refractivity contribution in [3.63, 3.8) is 0 Å². The number of carbonyl (C=O) groups is 1. The highest BCUT2D eigenvalue weighted by Gasteiger charge is 2.17. The number of nitrogens with zero attached hydrogens (tertiary/aromatic N) is 5. The van der Waals surface area contributed by atoms with Crippen LogP contribution in [0.4, 0.5) is 0 Å². The topological polar surface area (TPSA) is 82.4 Å². The van der Waals surface area contributed by atoms with Crippen LogP contribution in [0.5, 0.6) is 11.5 Å². The first-order valence-electron chi connectivity index (χ1n) is 9.11. The molecular formula is C20H23N5O3S. The Morgan fingerprint density at radius 3 is 2.55 bits per heavy atom. The Bertz CT molecular complexity index is 948. The van der Waals surface area contributed by atoms with Gasteiger partial charge in [-0.2, -0.15) is 4.68 Å². The van der Waals surface area contributed by atoms with Crippen molar-refractivity contribution in [2.24, 2.45) is 0 Å². The van der Waals surface area contributed by atoms with Crippen molar-refractivity contribution >= 4 is 17.7 Å². The van der Waals surface area contributed by atoms with E-state index in [4.69, 9.17) is 9.47 Å². The zero-order valence-corrected chi connectivity index (χ0v) is 17.4. The standard InChI is InChI=1S/C20H23N5O3S/c1-4-24(13-15-10-11-17(27-2)18(12-15)28-3)19(26)14-29-20-21-22-23-25(20)16-8-6-5-7-9-16/h5-12H,4,13-14H2,1-3H3. The van der Waals surface area contributed by atoms with Gasteiger partial charge in [-0.25, -0.2) is 0 Å². The van der Waals surface area contributed by atoms with E-state index in [-0.39, 0.29) is 11.7 Å². The third-order valence-corrected chi connectivity index (χ3v) is 5.23. The van der Waals surface area contributed by atoms with Gasteiger partial charge in [-0.15, -0.1) is 5.10 Å². The molecule has 2 aromatic carbocycles. The number of benzene rings is 2. The van der Waals surface area contributed by atoms with Crippen LogP contribution in [0.1, 0.15) is 12.5 Å². The summed E-state index contributed by atoms with van der Waals surface area (Å²) in [6.45, 7) is 3.04. The van der Waals surface area contributed by atoms with Crippen molar-refractivity contribution in [3.05, 3.63) is 54.1 Å². The number of amides is 1. The molecule has 0 radical (unpaired) electrons. The van der Waals surface area contributed by atoms with E-state index in [0.29, 0.717) is 29.7 Å². The molecule has 9 heteroatoms. The van der Waals surface area contributed by atoms with Crippen LogP contribution >= 0.6 is 11.8 Å². The van der Waals surface area contributed by atoms with Gasteiger partial charge < -0.3 is 14.4 Å². The number of carbonyl (C=O) groups excluding carboxylic acids is 1. The maximum absolute atomic E-state index is 12.8. The minimum Gasteiger partial charge on any atom is -0.493 e. The van der Waals surface area contributed by atoms with Crippen LogP contribution < -0.4 is 9.47 Å². The Balaban J connectivity index is 1.65. The molecule has 0 spiro atoms. The highest BCUT2D eigenvalue weighted by Crippen LogP contribution is 2.28. The van der Waals surface area contributed by atoms with E-state index in [1.54, 1.807) is 23.8 Å². The molecule has 3 rings (SSSR count). The summed E-state index contributed by atoms with van der Waals surface area (Å²) in [6, 6.07) is 15.2. The molecular weight excluding hydrogens is 390 g/mol. The normalized spacial score (nSPS) is 10.6. The molecule has 1 amide bonds. The highest BCUT2D eigenvalue weighted by atomic mass is 32.2. The molecule has 0 N–H and O–H groups in total. The average Bonchev–Trinajstić information content (AvgIpc) is 3.24. The molecule has 152 valence electrons. The van der Waals surface area contributed by atoms with Gasteiger partial charge in [0.2, 0.25) is 11.1 Å². The van der Waals surface area contributed by atoms with Gasteiger partial charge in [0.25, 0.3) is 0 Å². The van der Waals surface area contributed by atoms with Gasteiger partial charge in [0.15, 0.2) is 11.5 Å². The Labute approximate surface area is 173 Å². The van der Waals surface area contributed by atoms with E-state index in [1.165, 1.54) is 11.8 Å². The minimum atomic E-state index is 0.00916. The number of aromatic nitrogens is 4. The fourth-order valence-electron chi connectivity index (χ4n) is 2.79. The van der Waals surface area contributed by atoms with E-state index in [2.05, 4.69) is 15.5 Å². The second-order valence-corrected chi connectivity index (χ2v) is 7.04. The molecule has 0 unspecified atom stereocenters. The first-order chi connectivity index (χ1) is 14.2. The lowest BCUT2D eigenvalue weighted by Gasteiger charge is -2.21. The van der Waals surface area contributed by atoms with Gasteiger partial charge in [-0.3, -0.25) is 4.79 Å². The molecule has 0 atom stereocenters. The summed E-state index contributed by atoms with van der Waals surface area (Å²) in [5.41, 5.74) is 1.82. The van der Waals surface area contributed by atoms with Crippen LogP contribution in [0.2, 0.25) is 0 Å². The summed E-state index contributed by atoms with van der Waals surface area (Å²) >= 11 is 1.32. The monoisotopic (exact) mass is 413 g/mol. The van der Waals surface area contributed by atoms with Crippen LogP contribution in [0.25, 0.3) is 5.69 Å². The Kier molecular flexibility index (Phi) is 7.07. The molecule has 1 aromatic heterocycles. The number of methoxy groups -OCH3 is 2. The lowest BCUT2D eigenvalue weighted by Crippen LogP contribution is -2.31. The number of tetrazole rings is 1. The molecule has 8 nitrogen and oxygen atoms in total. The van der Waals surface area contributed by atoms with Crippen LogP contribution in [0.3, 0.4) is 0 Å². The van der Waals surface area contributed by atoms with Crippen LogP contribution in [0.15, 0.2) is 53.7 Å². The first kappa shape index (κ1) is 20.7. The molecule has 0 saturated heterocycles. The molecule has 29 heavy (non-hydrogen) atoms. The number of para-hydroxylation sites is 1. The minimum absolute atomic E-state index is 0.00916. The summed E-state index contributed by atoms with van der Waals surface area (Å²) in [5.74, 6) is 1.56. The van der Waals surface area contributed by atoms with Crippen molar-refractivity contribution < 1.29 is 14.3 Å². The van der Waals surface area contributed by atoms with Gasteiger partial charge in [0.1, 0.15) is 0 Å². The summed E-state index contributed by atoms with van der Waals surface area (Å²) in [4.78, 5) is 14.6.